The van der Waals surface area contributed by atoms with Crippen LogP contribution >= 0.6 is 11.8 Å². The first-order valence-electron chi connectivity index (χ1n) is 7.16. The Morgan fingerprint density at radius 1 is 1.29 bits per heavy atom. The normalized spacial score (nSPS) is 47.4. The summed E-state index contributed by atoms with van der Waals surface area (Å²) in [4.78, 5) is 4.84. The van der Waals surface area contributed by atoms with E-state index in [-0.39, 0.29) is 0 Å². The predicted octanol–water partition coefficient (Wildman–Crippen LogP) is 3.14. The van der Waals surface area contributed by atoms with Gasteiger partial charge in [-0.15, -0.1) is 0 Å². The number of nitrogens with one attached hydrogen (secondary N) is 1. The number of hydrogen-bond donors (Lipinski definition) is 1. The Morgan fingerprint density at radius 2 is 2.18 bits per heavy atom. The van der Waals surface area contributed by atoms with Crippen LogP contribution in [0, 0.1) is 23.7 Å². The van der Waals surface area contributed by atoms with Gasteiger partial charge in [0, 0.05) is 18.3 Å². The summed E-state index contributed by atoms with van der Waals surface area (Å²) in [5.74, 6) is 4.95. The first-order chi connectivity index (χ1) is 8.22. The summed E-state index contributed by atoms with van der Waals surface area (Å²) >= 11 is 1.92. The van der Waals surface area contributed by atoms with Crippen molar-refractivity contribution in [1.82, 2.24) is 5.32 Å². The van der Waals surface area contributed by atoms with E-state index in [1.807, 2.05) is 11.8 Å². The van der Waals surface area contributed by atoms with E-state index in [0.717, 1.165) is 30.2 Å². The summed E-state index contributed by atoms with van der Waals surface area (Å²) in [6, 6.07) is 0.593. The Kier molecular flexibility index (Phi) is 3.38. The highest BCUT2D eigenvalue weighted by Crippen LogP contribution is 2.48. The van der Waals surface area contributed by atoms with Gasteiger partial charge < -0.3 is 5.32 Å². The molecule has 2 saturated carbocycles. The second-order valence-electron chi connectivity index (χ2n) is 6.30. The molecule has 2 aliphatic carbocycles. The van der Waals surface area contributed by atoms with Gasteiger partial charge in [-0.3, -0.25) is 4.99 Å². The third kappa shape index (κ3) is 2.49. The molecule has 0 aromatic rings. The van der Waals surface area contributed by atoms with Crippen LogP contribution in [0.2, 0.25) is 0 Å². The van der Waals surface area contributed by atoms with E-state index in [1.54, 1.807) is 0 Å². The highest BCUT2D eigenvalue weighted by molar-refractivity contribution is 8.13. The lowest BCUT2D eigenvalue weighted by atomic mass is 9.89. The first-order valence-corrected chi connectivity index (χ1v) is 8.14. The molecule has 3 aliphatic rings. The van der Waals surface area contributed by atoms with Gasteiger partial charge in [0.1, 0.15) is 0 Å². The molecule has 3 heteroatoms. The van der Waals surface area contributed by atoms with Crippen LogP contribution in [0.4, 0.5) is 0 Å². The molecular weight excluding hydrogens is 228 g/mol. The number of rotatable bonds is 2. The first kappa shape index (κ1) is 11.9. The van der Waals surface area contributed by atoms with Gasteiger partial charge in [0.15, 0.2) is 5.17 Å². The molecule has 0 spiro atoms. The molecule has 0 aromatic heterocycles. The van der Waals surface area contributed by atoms with E-state index >= 15 is 0 Å². The third-order valence-corrected chi connectivity index (χ3v) is 6.25. The lowest BCUT2D eigenvalue weighted by molar-refractivity contribution is 0.341. The van der Waals surface area contributed by atoms with Crippen LogP contribution in [0.25, 0.3) is 0 Å². The zero-order valence-corrected chi connectivity index (χ0v) is 11.8. The smallest absolute Gasteiger partial charge is 0.156 e. The zero-order chi connectivity index (χ0) is 11.8. The molecule has 96 valence electrons. The van der Waals surface area contributed by atoms with Crippen LogP contribution < -0.4 is 5.32 Å². The fourth-order valence-corrected chi connectivity index (χ4v) is 4.77. The number of hydrogen-bond acceptors (Lipinski definition) is 2. The molecule has 17 heavy (non-hydrogen) atoms. The molecule has 0 aromatic carbocycles. The van der Waals surface area contributed by atoms with Crippen LogP contribution in [0.15, 0.2) is 4.99 Å². The predicted molar refractivity (Wildman–Crippen MR) is 75.5 cm³/mol. The Hall–Kier alpha value is -0.180. The standard InChI is InChI=1S/C14H24N2S/c1-9-8-17-14(16-10(9)2)15-7-13-6-11-3-4-12(13)5-11/h9-13H,3-8H2,1-2H3,(H,15,16). The Labute approximate surface area is 109 Å². The molecule has 1 aliphatic heterocycles. The van der Waals surface area contributed by atoms with Crippen LogP contribution in [0.3, 0.4) is 0 Å². The van der Waals surface area contributed by atoms with Crippen LogP contribution in [-0.2, 0) is 0 Å². The Morgan fingerprint density at radius 3 is 2.82 bits per heavy atom. The minimum atomic E-state index is 0.593. The van der Waals surface area contributed by atoms with E-state index in [1.165, 1.54) is 36.6 Å². The van der Waals surface area contributed by atoms with Gasteiger partial charge in [0.05, 0.1) is 0 Å². The molecule has 1 heterocycles. The van der Waals surface area contributed by atoms with Gasteiger partial charge in [-0.1, -0.05) is 25.1 Å². The summed E-state index contributed by atoms with van der Waals surface area (Å²) < 4.78 is 0. The van der Waals surface area contributed by atoms with Crippen molar-refractivity contribution in [2.45, 2.75) is 45.6 Å². The molecule has 1 saturated heterocycles. The van der Waals surface area contributed by atoms with Crippen molar-refractivity contribution in [3.05, 3.63) is 0 Å². The highest BCUT2D eigenvalue weighted by Gasteiger charge is 2.39. The lowest BCUT2D eigenvalue weighted by Gasteiger charge is -2.29. The minimum absolute atomic E-state index is 0.593. The number of thioether (sulfide) groups is 1. The zero-order valence-electron chi connectivity index (χ0n) is 11.0. The SMILES string of the molecule is CC1CSC(=NCC2CC3CCC2C3)NC1C. The average molecular weight is 252 g/mol. The van der Waals surface area contributed by atoms with Gasteiger partial charge in [0.25, 0.3) is 0 Å². The van der Waals surface area contributed by atoms with E-state index in [4.69, 9.17) is 4.99 Å². The van der Waals surface area contributed by atoms with Crippen LogP contribution in [0.1, 0.15) is 39.5 Å². The molecule has 2 nitrogen and oxygen atoms in total. The highest BCUT2D eigenvalue weighted by atomic mass is 32.2. The fraction of sp³-hybridized carbons (Fsp3) is 0.929. The number of fused-ring (bicyclic) bond motifs is 2. The number of nitrogens with zero attached hydrogens (tertiary/aromatic N) is 1. The maximum absolute atomic E-state index is 4.84. The molecule has 1 N–H and O–H groups in total. The van der Waals surface area contributed by atoms with Crippen molar-refractivity contribution >= 4 is 16.9 Å². The number of amidine groups is 1. The Bertz CT molecular complexity index is 315. The monoisotopic (exact) mass is 252 g/mol. The van der Waals surface area contributed by atoms with Gasteiger partial charge in [-0.2, -0.15) is 0 Å². The quantitative estimate of drug-likeness (QED) is 0.816. The maximum Gasteiger partial charge on any atom is 0.156 e. The van der Waals surface area contributed by atoms with Crippen molar-refractivity contribution in [2.75, 3.05) is 12.3 Å². The second-order valence-corrected chi connectivity index (χ2v) is 7.31. The van der Waals surface area contributed by atoms with Crippen molar-refractivity contribution in [3.8, 4) is 0 Å². The van der Waals surface area contributed by atoms with E-state index < -0.39 is 0 Å². The largest absolute Gasteiger partial charge is 0.362 e. The van der Waals surface area contributed by atoms with Crippen molar-refractivity contribution in [3.63, 3.8) is 0 Å². The summed E-state index contributed by atoms with van der Waals surface area (Å²) in [5, 5.41) is 4.75. The van der Waals surface area contributed by atoms with Crippen molar-refractivity contribution in [1.29, 1.82) is 0 Å². The molecule has 0 amide bonds. The average Bonchev–Trinajstić information content (AvgIpc) is 2.92. The van der Waals surface area contributed by atoms with E-state index in [0.29, 0.717) is 6.04 Å². The fourth-order valence-electron chi connectivity index (χ4n) is 3.62. The molecule has 5 atom stereocenters. The van der Waals surface area contributed by atoms with Gasteiger partial charge in [0.2, 0.25) is 0 Å². The summed E-state index contributed by atoms with van der Waals surface area (Å²) in [6.07, 6.45) is 5.94. The lowest BCUT2D eigenvalue weighted by Crippen LogP contribution is -2.41. The van der Waals surface area contributed by atoms with Crippen molar-refractivity contribution in [2.24, 2.45) is 28.7 Å². The van der Waals surface area contributed by atoms with Crippen LogP contribution in [-0.4, -0.2) is 23.5 Å². The van der Waals surface area contributed by atoms with Crippen LogP contribution in [0.5, 0.6) is 0 Å². The molecule has 0 radical (unpaired) electrons. The maximum atomic E-state index is 4.84. The molecule has 3 fully saturated rings. The summed E-state index contributed by atoms with van der Waals surface area (Å²) in [7, 11) is 0. The minimum Gasteiger partial charge on any atom is -0.362 e. The van der Waals surface area contributed by atoms with Gasteiger partial charge >= 0.3 is 0 Å². The second kappa shape index (κ2) is 4.83. The topological polar surface area (TPSA) is 24.4 Å². The van der Waals surface area contributed by atoms with Crippen molar-refractivity contribution < 1.29 is 0 Å². The summed E-state index contributed by atoms with van der Waals surface area (Å²) in [6.45, 7) is 5.67. The molecular formula is C14H24N2S. The van der Waals surface area contributed by atoms with E-state index in [9.17, 15) is 0 Å². The number of aliphatic imine (C=N–C) groups is 1. The van der Waals surface area contributed by atoms with Gasteiger partial charge in [-0.25, -0.2) is 0 Å². The summed E-state index contributed by atoms with van der Waals surface area (Å²) in [5.41, 5.74) is 0. The van der Waals surface area contributed by atoms with E-state index in [2.05, 4.69) is 19.2 Å². The molecule has 3 rings (SSSR count). The molecule has 2 bridgehead atoms. The van der Waals surface area contributed by atoms with Gasteiger partial charge in [-0.05, 0) is 49.9 Å². The Balaban J connectivity index is 1.53. The third-order valence-electron chi connectivity index (χ3n) is 5.04. The molecule has 5 unspecified atom stereocenters.